The van der Waals surface area contributed by atoms with E-state index in [9.17, 15) is 15.0 Å². The fourth-order valence-electron chi connectivity index (χ4n) is 4.72. The molecular weight excluding hydrogens is 376 g/mol. The smallest absolute Gasteiger partial charge is 0.305 e. The van der Waals surface area contributed by atoms with Gasteiger partial charge in [0, 0.05) is 12.3 Å². The number of carbonyl (C=O) groups is 1. The monoisotopic (exact) mass is 416 g/mol. The molecule has 4 heteroatoms. The van der Waals surface area contributed by atoms with Gasteiger partial charge in [-0.05, 0) is 82.3 Å². The van der Waals surface area contributed by atoms with Crippen molar-refractivity contribution in [3.05, 3.63) is 47.6 Å². The molecule has 2 aliphatic carbocycles. The van der Waals surface area contributed by atoms with Crippen LogP contribution in [-0.4, -0.2) is 35.0 Å². The minimum atomic E-state index is -0.736. The van der Waals surface area contributed by atoms with E-state index in [2.05, 4.69) is 37.7 Å². The first kappa shape index (κ1) is 24.6. The summed E-state index contributed by atoms with van der Waals surface area (Å²) in [4.78, 5) is 11.2. The summed E-state index contributed by atoms with van der Waals surface area (Å²) in [5.41, 5.74) is 1.75. The lowest BCUT2D eigenvalue weighted by Crippen LogP contribution is -2.28. The number of esters is 1. The number of hydrogen-bond donors (Lipinski definition) is 2. The summed E-state index contributed by atoms with van der Waals surface area (Å²) in [5.74, 6) is 0.750. The second kappa shape index (κ2) is 11.7. The van der Waals surface area contributed by atoms with Crippen LogP contribution in [0.3, 0.4) is 0 Å². The summed E-state index contributed by atoms with van der Waals surface area (Å²) in [5, 5.41) is 21.4. The van der Waals surface area contributed by atoms with Crippen LogP contribution in [0.1, 0.15) is 72.1 Å². The van der Waals surface area contributed by atoms with Crippen LogP contribution in [-0.2, 0) is 9.53 Å². The van der Waals surface area contributed by atoms with Crippen molar-refractivity contribution in [2.45, 2.75) is 83.8 Å². The zero-order valence-electron chi connectivity index (χ0n) is 19.1. The average molecular weight is 417 g/mol. The summed E-state index contributed by atoms with van der Waals surface area (Å²) >= 11 is 0. The Bertz CT molecular complexity index is 683. The van der Waals surface area contributed by atoms with Gasteiger partial charge < -0.3 is 14.9 Å². The highest BCUT2D eigenvalue weighted by atomic mass is 16.5. The SMILES string of the molecule is COC(=O)CCC=CC1=C[C@]2(O)CC[C@@H](C=C[C@@H](O)C[C@H](C)CCC=C(C)C)[C@@H]2C1. The van der Waals surface area contributed by atoms with E-state index in [1.165, 1.54) is 12.7 Å². The zero-order chi connectivity index (χ0) is 22.1. The van der Waals surface area contributed by atoms with Gasteiger partial charge in [0.1, 0.15) is 0 Å². The normalized spacial score (nSPS) is 27.9. The van der Waals surface area contributed by atoms with Gasteiger partial charge in [-0.2, -0.15) is 0 Å². The number of carbonyl (C=O) groups excluding carboxylic acids is 1. The molecule has 2 rings (SSSR count). The minimum absolute atomic E-state index is 0.177. The van der Waals surface area contributed by atoms with Crippen LogP contribution in [0.4, 0.5) is 0 Å². The number of ether oxygens (including phenoxy) is 1. The molecule has 0 saturated heterocycles. The highest BCUT2D eigenvalue weighted by molar-refractivity contribution is 5.69. The lowest BCUT2D eigenvalue weighted by atomic mass is 9.87. The van der Waals surface area contributed by atoms with Crippen molar-refractivity contribution in [2.24, 2.45) is 17.8 Å². The first-order valence-electron chi connectivity index (χ1n) is 11.4. The molecule has 0 aromatic carbocycles. The number of aliphatic hydroxyl groups excluding tert-OH is 1. The van der Waals surface area contributed by atoms with E-state index < -0.39 is 11.7 Å². The third-order valence-corrected chi connectivity index (χ3v) is 6.44. The molecule has 0 aromatic heterocycles. The molecule has 2 aliphatic rings. The molecule has 0 aromatic rings. The molecule has 0 heterocycles. The van der Waals surface area contributed by atoms with Crippen molar-refractivity contribution < 1.29 is 19.7 Å². The lowest BCUT2D eigenvalue weighted by Gasteiger charge is -2.23. The molecule has 168 valence electrons. The van der Waals surface area contributed by atoms with Crippen LogP contribution in [0.2, 0.25) is 0 Å². The quantitative estimate of drug-likeness (QED) is 0.355. The van der Waals surface area contributed by atoms with Gasteiger partial charge in [0.05, 0.1) is 18.8 Å². The number of hydrogen-bond acceptors (Lipinski definition) is 4. The number of rotatable bonds is 11. The maximum atomic E-state index is 11.2. The number of fused-ring (bicyclic) bond motifs is 1. The Morgan fingerprint density at radius 2 is 2.13 bits per heavy atom. The molecule has 1 saturated carbocycles. The van der Waals surface area contributed by atoms with E-state index in [4.69, 9.17) is 0 Å². The Labute approximate surface area is 182 Å². The van der Waals surface area contributed by atoms with E-state index >= 15 is 0 Å². The minimum Gasteiger partial charge on any atom is -0.469 e. The average Bonchev–Trinajstić information content (AvgIpc) is 3.16. The Morgan fingerprint density at radius 3 is 2.83 bits per heavy atom. The first-order chi connectivity index (χ1) is 14.2. The van der Waals surface area contributed by atoms with Crippen LogP contribution < -0.4 is 0 Å². The fourth-order valence-corrected chi connectivity index (χ4v) is 4.72. The molecule has 0 aliphatic heterocycles. The molecule has 4 nitrogen and oxygen atoms in total. The molecule has 0 amide bonds. The van der Waals surface area contributed by atoms with Crippen LogP contribution in [0.15, 0.2) is 47.6 Å². The largest absolute Gasteiger partial charge is 0.469 e. The molecule has 0 radical (unpaired) electrons. The summed E-state index contributed by atoms with van der Waals surface area (Å²) in [6.07, 6.45) is 18.5. The highest BCUT2D eigenvalue weighted by Gasteiger charge is 2.48. The lowest BCUT2D eigenvalue weighted by molar-refractivity contribution is -0.140. The maximum absolute atomic E-state index is 11.2. The number of aliphatic hydroxyl groups is 2. The Kier molecular flexibility index (Phi) is 9.57. The van der Waals surface area contributed by atoms with E-state index in [0.717, 1.165) is 44.1 Å². The molecule has 5 atom stereocenters. The summed E-state index contributed by atoms with van der Waals surface area (Å²) in [6, 6.07) is 0. The maximum Gasteiger partial charge on any atom is 0.305 e. The van der Waals surface area contributed by atoms with Crippen LogP contribution in [0.5, 0.6) is 0 Å². The highest BCUT2D eigenvalue weighted by Crippen LogP contribution is 2.50. The third-order valence-electron chi connectivity index (χ3n) is 6.44. The van der Waals surface area contributed by atoms with Crippen LogP contribution in [0, 0.1) is 17.8 Å². The second-order valence-electron chi connectivity index (χ2n) is 9.39. The van der Waals surface area contributed by atoms with Crippen molar-refractivity contribution in [3.63, 3.8) is 0 Å². The Morgan fingerprint density at radius 1 is 1.37 bits per heavy atom. The van der Waals surface area contributed by atoms with Gasteiger partial charge in [0.25, 0.3) is 0 Å². The van der Waals surface area contributed by atoms with Gasteiger partial charge in [-0.3, -0.25) is 4.79 Å². The Balaban J connectivity index is 1.82. The summed E-state index contributed by atoms with van der Waals surface area (Å²) in [7, 11) is 1.40. The van der Waals surface area contributed by atoms with Crippen molar-refractivity contribution in [1.29, 1.82) is 0 Å². The molecule has 0 spiro atoms. The van der Waals surface area contributed by atoms with Gasteiger partial charge in [0.15, 0.2) is 0 Å². The second-order valence-corrected chi connectivity index (χ2v) is 9.39. The van der Waals surface area contributed by atoms with E-state index in [0.29, 0.717) is 24.7 Å². The van der Waals surface area contributed by atoms with Gasteiger partial charge in [-0.15, -0.1) is 0 Å². The zero-order valence-corrected chi connectivity index (χ0v) is 19.1. The van der Waals surface area contributed by atoms with Gasteiger partial charge in [-0.25, -0.2) is 0 Å². The number of allylic oxidation sites excluding steroid dienone is 6. The summed E-state index contributed by atoms with van der Waals surface area (Å²) in [6.45, 7) is 6.43. The predicted octanol–water partition coefficient (Wildman–Crippen LogP) is 5.27. The van der Waals surface area contributed by atoms with Gasteiger partial charge in [0.2, 0.25) is 0 Å². The van der Waals surface area contributed by atoms with Crippen molar-refractivity contribution in [2.75, 3.05) is 7.11 Å². The number of methoxy groups -OCH3 is 1. The standard InChI is InChI=1S/C26H40O4/c1-19(2)8-7-9-20(3)16-23(27)13-12-22-14-15-26(29)18-21(17-24(22)26)10-5-6-11-25(28)30-4/h5,8,10,12-13,18,20,22-24,27,29H,6-7,9,11,14-17H2,1-4H3/t20-,22-,23-,24+,26-/m1/s1. The topological polar surface area (TPSA) is 66.8 Å². The molecule has 1 fully saturated rings. The van der Waals surface area contributed by atoms with Crippen molar-refractivity contribution in [1.82, 2.24) is 0 Å². The Hall–Kier alpha value is -1.65. The van der Waals surface area contributed by atoms with Gasteiger partial charge in [-0.1, -0.05) is 42.9 Å². The third kappa shape index (κ3) is 7.55. The van der Waals surface area contributed by atoms with E-state index in [-0.39, 0.29) is 11.9 Å². The molecule has 2 N–H and O–H groups in total. The van der Waals surface area contributed by atoms with Crippen LogP contribution >= 0.6 is 0 Å². The molecule has 30 heavy (non-hydrogen) atoms. The van der Waals surface area contributed by atoms with Crippen molar-refractivity contribution >= 4 is 5.97 Å². The first-order valence-corrected chi connectivity index (χ1v) is 11.4. The van der Waals surface area contributed by atoms with Crippen LogP contribution in [0.25, 0.3) is 0 Å². The van der Waals surface area contributed by atoms with Crippen molar-refractivity contribution in [3.8, 4) is 0 Å². The van der Waals surface area contributed by atoms with E-state index in [1.807, 2.05) is 24.3 Å². The predicted molar refractivity (Wildman–Crippen MR) is 122 cm³/mol. The molecular formula is C26H40O4. The molecule has 0 unspecified atom stereocenters. The fraction of sp³-hybridized carbons (Fsp3) is 0.654. The van der Waals surface area contributed by atoms with E-state index in [1.54, 1.807) is 0 Å². The molecule has 0 bridgehead atoms. The summed E-state index contributed by atoms with van der Waals surface area (Å²) < 4.78 is 4.65. The van der Waals surface area contributed by atoms with Gasteiger partial charge >= 0.3 is 5.97 Å².